The number of rotatable bonds is 7. The van der Waals surface area contributed by atoms with Crippen LogP contribution in [0.25, 0.3) is 6.08 Å². The first-order valence-corrected chi connectivity index (χ1v) is 8.49. The summed E-state index contributed by atoms with van der Waals surface area (Å²) in [7, 11) is 1.46. The molecule has 1 fully saturated rings. The Kier molecular flexibility index (Phi) is 6.22. The zero-order valence-electron chi connectivity index (χ0n) is 13.0. The van der Waals surface area contributed by atoms with E-state index < -0.39 is 5.97 Å². The number of nitrogens with zero attached hydrogens (tertiary/aromatic N) is 1. The van der Waals surface area contributed by atoms with Gasteiger partial charge in [-0.1, -0.05) is 30.0 Å². The number of thiocarbonyl (C=S) groups is 1. The first-order chi connectivity index (χ1) is 11.4. The first kappa shape index (κ1) is 18.3. The molecule has 0 radical (unpaired) electrons. The lowest BCUT2D eigenvalue weighted by atomic mass is 10.2. The van der Waals surface area contributed by atoms with E-state index in [-0.39, 0.29) is 18.1 Å². The van der Waals surface area contributed by atoms with Crippen molar-refractivity contribution in [3.8, 4) is 11.5 Å². The van der Waals surface area contributed by atoms with Crippen LogP contribution in [-0.4, -0.2) is 45.0 Å². The third-order valence-corrected chi connectivity index (χ3v) is 4.77. The minimum Gasteiger partial charge on any atom is -0.504 e. The molecule has 8 heteroatoms. The fourth-order valence-corrected chi connectivity index (χ4v) is 3.50. The average Bonchev–Trinajstić information content (AvgIpc) is 2.78. The van der Waals surface area contributed by atoms with Gasteiger partial charge in [0.25, 0.3) is 5.91 Å². The number of phenolic OH excluding ortho intramolecular Hbond substituents is 1. The van der Waals surface area contributed by atoms with E-state index in [2.05, 4.69) is 0 Å². The molecule has 0 spiro atoms. The van der Waals surface area contributed by atoms with E-state index in [9.17, 15) is 14.7 Å². The minimum atomic E-state index is -0.848. The number of unbranched alkanes of at least 4 members (excludes halogenated alkanes) is 1. The molecule has 128 valence electrons. The Balaban J connectivity index is 2.04. The zero-order valence-corrected chi connectivity index (χ0v) is 14.7. The lowest BCUT2D eigenvalue weighted by Crippen LogP contribution is -2.29. The van der Waals surface area contributed by atoms with Gasteiger partial charge >= 0.3 is 5.97 Å². The Morgan fingerprint density at radius 1 is 1.42 bits per heavy atom. The predicted octanol–water partition coefficient (Wildman–Crippen LogP) is 2.86. The van der Waals surface area contributed by atoms with Crippen LogP contribution in [0.15, 0.2) is 23.1 Å². The van der Waals surface area contributed by atoms with Crippen molar-refractivity contribution in [1.29, 1.82) is 0 Å². The maximum atomic E-state index is 12.4. The number of carboxylic acids is 1. The lowest BCUT2D eigenvalue weighted by Gasteiger charge is -2.13. The lowest BCUT2D eigenvalue weighted by molar-refractivity contribution is -0.137. The van der Waals surface area contributed by atoms with Crippen molar-refractivity contribution in [3.63, 3.8) is 0 Å². The number of thioether (sulfide) groups is 1. The molecule has 24 heavy (non-hydrogen) atoms. The van der Waals surface area contributed by atoms with E-state index >= 15 is 0 Å². The first-order valence-electron chi connectivity index (χ1n) is 7.26. The van der Waals surface area contributed by atoms with Crippen LogP contribution in [0, 0.1) is 0 Å². The van der Waals surface area contributed by atoms with Gasteiger partial charge in [-0.2, -0.15) is 0 Å². The second-order valence-electron chi connectivity index (χ2n) is 5.12. The van der Waals surface area contributed by atoms with Gasteiger partial charge < -0.3 is 14.9 Å². The molecule has 0 unspecified atom stereocenters. The van der Waals surface area contributed by atoms with Crippen LogP contribution in [0.1, 0.15) is 24.8 Å². The number of phenols is 1. The normalized spacial score (nSPS) is 16.0. The smallest absolute Gasteiger partial charge is 0.303 e. The van der Waals surface area contributed by atoms with E-state index in [4.69, 9.17) is 22.1 Å². The summed E-state index contributed by atoms with van der Waals surface area (Å²) >= 11 is 6.42. The fourth-order valence-electron chi connectivity index (χ4n) is 2.19. The summed E-state index contributed by atoms with van der Waals surface area (Å²) in [6.07, 6.45) is 2.82. The minimum absolute atomic E-state index is 0.00426. The largest absolute Gasteiger partial charge is 0.504 e. The highest BCUT2D eigenvalue weighted by molar-refractivity contribution is 8.26. The second-order valence-corrected chi connectivity index (χ2v) is 6.79. The number of ether oxygens (including phenoxy) is 1. The van der Waals surface area contributed by atoms with Gasteiger partial charge in [0.1, 0.15) is 4.32 Å². The predicted molar refractivity (Wildman–Crippen MR) is 96.0 cm³/mol. The van der Waals surface area contributed by atoms with Gasteiger partial charge in [-0.3, -0.25) is 14.5 Å². The molecule has 0 atom stereocenters. The molecule has 0 aromatic heterocycles. The van der Waals surface area contributed by atoms with Crippen LogP contribution < -0.4 is 4.74 Å². The zero-order chi connectivity index (χ0) is 17.7. The average molecular weight is 367 g/mol. The molecule has 0 bridgehead atoms. The molecule has 0 aliphatic carbocycles. The summed E-state index contributed by atoms with van der Waals surface area (Å²) in [6.45, 7) is 0.406. The van der Waals surface area contributed by atoms with E-state index in [0.29, 0.717) is 39.9 Å². The maximum Gasteiger partial charge on any atom is 0.303 e. The molecular formula is C16H17NO5S2. The molecule has 1 aromatic carbocycles. The monoisotopic (exact) mass is 367 g/mol. The summed E-state index contributed by atoms with van der Waals surface area (Å²) in [6, 6.07) is 4.87. The van der Waals surface area contributed by atoms with Crippen molar-refractivity contribution in [3.05, 3.63) is 28.7 Å². The van der Waals surface area contributed by atoms with Gasteiger partial charge in [0.2, 0.25) is 0 Å². The molecule has 2 rings (SSSR count). The van der Waals surface area contributed by atoms with E-state index in [1.165, 1.54) is 29.8 Å². The van der Waals surface area contributed by atoms with Crippen molar-refractivity contribution in [2.75, 3.05) is 13.7 Å². The van der Waals surface area contributed by atoms with Crippen molar-refractivity contribution in [2.24, 2.45) is 0 Å². The number of hydrogen-bond donors (Lipinski definition) is 2. The summed E-state index contributed by atoms with van der Waals surface area (Å²) < 4.78 is 5.44. The maximum absolute atomic E-state index is 12.4. The van der Waals surface area contributed by atoms with Crippen molar-refractivity contribution in [2.45, 2.75) is 19.3 Å². The van der Waals surface area contributed by atoms with Gasteiger partial charge in [0.15, 0.2) is 11.5 Å². The number of carbonyl (C=O) groups excluding carboxylic acids is 1. The van der Waals surface area contributed by atoms with E-state index in [1.54, 1.807) is 18.2 Å². The molecule has 0 saturated carbocycles. The molecule has 6 nitrogen and oxygen atoms in total. The Bertz CT molecular complexity index is 702. The van der Waals surface area contributed by atoms with Crippen LogP contribution in [0.2, 0.25) is 0 Å². The van der Waals surface area contributed by atoms with Gasteiger partial charge in [-0.25, -0.2) is 0 Å². The molecule has 1 heterocycles. The molecule has 1 amide bonds. The van der Waals surface area contributed by atoms with Gasteiger partial charge in [-0.15, -0.1) is 0 Å². The van der Waals surface area contributed by atoms with E-state index in [0.717, 1.165) is 0 Å². The van der Waals surface area contributed by atoms with Crippen molar-refractivity contribution in [1.82, 2.24) is 4.90 Å². The molecule has 2 N–H and O–H groups in total. The quantitative estimate of drug-likeness (QED) is 0.435. The van der Waals surface area contributed by atoms with Gasteiger partial charge in [-0.05, 0) is 36.6 Å². The van der Waals surface area contributed by atoms with Crippen LogP contribution in [0.5, 0.6) is 11.5 Å². The Morgan fingerprint density at radius 2 is 2.17 bits per heavy atom. The molecule has 1 aliphatic heterocycles. The number of carbonyl (C=O) groups is 2. The highest BCUT2D eigenvalue weighted by Crippen LogP contribution is 2.34. The third kappa shape index (κ3) is 4.48. The number of carboxylic acid groups (broad SMARTS) is 1. The van der Waals surface area contributed by atoms with E-state index in [1.807, 2.05) is 0 Å². The fraction of sp³-hybridized carbons (Fsp3) is 0.312. The number of methoxy groups -OCH3 is 1. The standard InChI is InChI=1S/C16H17NO5S2/c1-22-12-6-5-10(8-11(12)18)9-13-15(21)17(16(23)24-13)7-3-2-4-14(19)20/h5-6,8-9,18H,2-4,7H2,1H3,(H,19,20)/b13-9-. The van der Waals surface area contributed by atoms with Crippen molar-refractivity contribution >= 4 is 46.3 Å². The van der Waals surface area contributed by atoms with Crippen LogP contribution in [0.4, 0.5) is 0 Å². The Labute approximate surface area is 149 Å². The summed E-state index contributed by atoms with van der Waals surface area (Å²) in [5, 5.41) is 18.4. The second kappa shape index (κ2) is 8.16. The molecule has 1 aliphatic rings. The Hall–Kier alpha value is -2.06. The molecule has 1 aromatic rings. The summed E-state index contributed by atoms with van der Waals surface area (Å²) in [4.78, 5) is 24.9. The third-order valence-electron chi connectivity index (χ3n) is 3.40. The summed E-state index contributed by atoms with van der Waals surface area (Å²) in [5.74, 6) is -0.691. The number of hydrogen-bond acceptors (Lipinski definition) is 6. The molecular weight excluding hydrogens is 350 g/mol. The number of amides is 1. The van der Waals surface area contributed by atoms with Gasteiger partial charge in [0, 0.05) is 13.0 Å². The van der Waals surface area contributed by atoms with Crippen LogP contribution in [0.3, 0.4) is 0 Å². The molecule has 1 saturated heterocycles. The Morgan fingerprint density at radius 3 is 2.79 bits per heavy atom. The number of aromatic hydroxyl groups is 1. The SMILES string of the molecule is COc1ccc(/C=C2\SC(=S)N(CCCCC(=O)O)C2=O)cc1O. The highest BCUT2D eigenvalue weighted by Gasteiger charge is 2.31. The van der Waals surface area contributed by atoms with Crippen molar-refractivity contribution < 1.29 is 24.5 Å². The number of aliphatic carboxylic acids is 1. The van der Waals surface area contributed by atoms with Gasteiger partial charge in [0.05, 0.1) is 12.0 Å². The number of benzene rings is 1. The topological polar surface area (TPSA) is 87.1 Å². The van der Waals surface area contributed by atoms with Crippen LogP contribution >= 0.6 is 24.0 Å². The van der Waals surface area contributed by atoms with Crippen LogP contribution in [-0.2, 0) is 9.59 Å². The highest BCUT2D eigenvalue weighted by atomic mass is 32.2. The summed E-state index contributed by atoms with van der Waals surface area (Å²) in [5.41, 5.74) is 0.666.